The van der Waals surface area contributed by atoms with Gasteiger partial charge >= 0.3 is 0 Å². The number of thioether (sulfide) groups is 1. The Hall–Kier alpha value is -0.800. The fourth-order valence-corrected chi connectivity index (χ4v) is 4.41. The van der Waals surface area contributed by atoms with Gasteiger partial charge in [-0.3, -0.25) is 14.6 Å². The monoisotopic (exact) mass is 444 g/mol. The van der Waals surface area contributed by atoms with Crippen LogP contribution in [0.15, 0.2) is 27.6 Å². The molecule has 2 aliphatic rings. The molecule has 8 heteroatoms. The summed E-state index contributed by atoms with van der Waals surface area (Å²) in [6.45, 7) is 4.89. The first-order chi connectivity index (χ1) is 12.0. The van der Waals surface area contributed by atoms with Gasteiger partial charge in [-0.25, -0.2) is 4.39 Å². The van der Waals surface area contributed by atoms with Crippen LogP contribution in [0.4, 0.5) is 4.39 Å². The minimum atomic E-state index is -0.360. The summed E-state index contributed by atoms with van der Waals surface area (Å²) in [5, 5.41) is 0. The highest BCUT2D eigenvalue weighted by Crippen LogP contribution is 2.33. The average Bonchev–Trinajstić information content (AvgIpc) is 2.86. The van der Waals surface area contributed by atoms with E-state index >= 15 is 0 Å². The second-order valence-corrected chi connectivity index (χ2v) is 8.40. The molecule has 1 amide bonds. The number of carbonyl (C=O) groups excluding carboxylic acids is 1. The summed E-state index contributed by atoms with van der Waals surface area (Å²) in [6.07, 6.45) is 2.42. The number of amides is 1. The zero-order chi connectivity index (χ0) is 17.8. The number of hydrogen-bond acceptors (Lipinski definition) is 5. The molecule has 134 valence electrons. The molecule has 0 N–H and O–H groups in total. The molecule has 2 heterocycles. The molecule has 0 unspecified atom stereocenters. The summed E-state index contributed by atoms with van der Waals surface area (Å²) < 4.78 is 20.5. The van der Waals surface area contributed by atoms with Crippen LogP contribution >= 0.6 is 39.9 Å². The molecule has 0 aliphatic carbocycles. The third-order valence-electron chi connectivity index (χ3n) is 4.08. The summed E-state index contributed by atoms with van der Waals surface area (Å²) in [7, 11) is 0. The van der Waals surface area contributed by atoms with E-state index < -0.39 is 0 Å². The van der Waals surface area contributed by atoms with E-state index in [1.807, 2.05) is 0 Å². The van der Waals surface area contributed by atoms with E-state index in [1.165, 1.54) is 17.8 Å². The van der Waals surface area contributed by atoms with Gasteiger partial charge in [0.15, 0.2) is 0 Å². The van der Waals surface area contributed by atoms with Crippen molar-refractivity contribution in [2.75, 3.05) is 39.4 Å². The number of hydrogen-bond donors (Lipinski definition) is 0. The van der Waals surface area contributed by atoms with Crippen LogP contribution in [0.5, 0.6) is 0 Å². The highest BCUT2D eigenvalue weighted by molar-refractivity contribution is 9.10. The zero-order valence-electron chi connectivity index (χ0n) is 13.5. The van der Waals surface area contributed by atoms with Crippen molar-refractivity contribution in [3.05, 3.63) is 39.0 Å². The number of halogens is 2. The molecule has 0 bridgehead atoms. The normalized spacial score (nSPS) is 20.7. The van der Waals surface area contributed by atoms with E-state index in [0.29, 0.717) is 21.3 Å². The van der Waals surface area contributed by atoms with Gasteiger partial charge in [-0.2, -0.15) is 0 Å². The molecule has 1 aromatic rings. The van der Waals surface area contributed by atoms with Crippen molar-refractivity contribution in [2.45, 2.75) is 6.42 Å². The smallest absolute Gasteiger partial charge is 0.266 e. The molecule has 0 spiro atoms. The van der Waals surface area contributed by atoms with Gasteiger partial charge in [0.05, 0.1) is 18.1 Å². The Morgan fingerprint density at radius 2 is 2.08 bits per heavy atom. The van der Waals surface area contributed by atoms with E-state index in [9.17, 15) is 9.18 Å². The Labute approximate surface area is 164 Å². The maximum atomic E-state index is 13.9. The molecule has 25 heavy (non-hydrogen) atoms. The topological polar surface area (TPSA) is 32.8 Å². The molecule has 0 aromatic heterocycles. The van der Waals surface area contributed by atoms with E-state index in [4.69, 9.17) is 17.0 Å². The third-order valence-corrected chi connectivity index (χ3v) is 5.95. The van der Waals surface area contributed by atoms with Gasteiger partial charge in [-0.15, -0.1) is 0 Å². The summed E-state index contributed by atoms with van der Waals surface area (Å²) in [5.41, 5.74) is 0.378. The Bertz CT molecular complexity index is 708. The van der Waals surface area contributed by atoms with Gasteiger partial charge in [0.1, 0.15) is 10.1 Å². The van der Waals surface area contributed by atoms with Gasteiger partial charge in [-0.1, -0.05) is 39.9 Å². The van der Waals surface area contributed by atoms with Crippen molar-refractivity contribution in [2.24, 2.45) is 0 Å². The first-order valence-corrected chi connectivity index (χ1v) is 10.1. The Morgan fingerprint density at radius 3 is 2.84 bits per heavy atom. The van der Waals surface area contributed by atoms with E-state index in [1.54, 1.807) is 23.1 Å². The molecule has 0 radical (unpaired) electrons. The van der Waals surface area contributed by atoms with Crippen molar-refractivity contribution >= 4 is 56.2 Å². The lowest BCUT2D eigenvalue weighted by Gasteiger charge is -2.27. The second kappa shape index (κ2) is 8.73. The van der Waals surface area contributed by atoms with Crippen molar-refractivity contribution in [1.29, 1.82) is 0 Å². The van der Waals surface area contributed by atoms with Gasteiger partial charge in [-0.05, 0) is 30.7 Å². The maximum absolute atomic E-state index is 13.9. The van der Waals surface area contributed by atoms with Crippen LogP contribution in [0.3, 0.4) is 0 Å². The lowest BCUT2D eigenvalue weighted by Crippen LogP contribution is -2.38. The largest absolute Gasteiger partial charge is 0.379 e. The van der Waals surface area contributed by atoms with E-state index in [0.717, 1.165) is 43.7 Å². The Kier molecular flexibility index (Phi) is 6.62. The van der Waals surface area contributed by atoms with E-state index in [2.05, 4.69) is 20.8 Å². The van der Waals surface area contributed by atoms with Gasteiger partial charge in [0.2, 0.25) is 0 Å². The summed E-state index contributed by atoms with van der Waals surface area (Å²) >= 11 is 9.88. The van der Waals surface area contributed by atoms with Gasteiger partial charge in [0, 0.05) is 36.2 Å². The van der Waals surface area contributed by atoms with Crippen LogP contribution in [0.2, 0.25) is 0 Å². The number of benzene rings is 1. The number of morpholine rings is 1. The molecular weight excluding hydrogens is 427 g/mol. The van der Waals surface area contributed by atoms with Crippen LogP contribution < -0.4 is 0 Å². The van der Waals surface area contributed by atoms with E-state index in [-0.39, 0.29) is 11.7 Å². The summed E-state index contributed by atoms with van der Waals surface area (Å²) in [6, 6.07) is 4.66. The lowest BCUT2D eigenvalue weighted by molar-refractivity contribution is -0.122. The fourth-order valence-electron chi connectivity index (χ4n) is 2.74. The van der Waals surface area contributed by atoms with Crippen molar-refractivity contribution in [3.8, 4) is 0 Å². The predicted octanol–water partition coefficient (Wildman–Crippen LogP) is 3.51. The number of nitrogens with zero attached hydrogens (tertiary/aromatic N) is 2. The molecule has 4 nitrogen and oxygen atoms in total. The molecule has 3 rings (SSSR count). The first kappa shape index (κ1) is 19.0. The number of thiocarbonyl (C=S) groups is 1. The molecular formula is C17H18BrFN2O2S2. The molecule has 2 fully saturated rings. The third kappa shape index (κ3) is 4.89. The lowest BCUT2D eigenvalue weighted by atomic mass is 10.2. The first-order valence-electron chi connectivity index (χ1n) is 8.05. The standard InChI is InChI=1S/C17H18BrFN2O2S2/c18-13-2-3-14(19)12(10-13)11-15-16(22)21(17(24)25-15)5-1-4-20-6-8-23-9-7-20/h2-3,10-11H,1,4-9H2/b15-11-. The molecule has 2 saturated heterocycles. The molecule has 1 aromatic carbocycles. The minimum absolute atomic E-state index is 0.142. The molecule has 2 aliphatic heterocycles. The van der Waals surface area contributed by atoms with Crippen LogP contribution in [0, 0.1) is 5.82 Å². The second-order valence-electron chi connectivity index (χ2n) is 5.81. The minimum Gasteiger partial charge on any atom is -0.379 e. The Morgan fingerprint density at radius 1 is 1.32 bits per heavy atom. The Balaban J connectivity index is 1.61. The fraction of sp³-hybridized carbons (Fsp3) is 0.412. The number of carbonyl (C=O) groups is 1. The van der Waals surface area contributed by atoms with Gasteiger partial charge < -0.3 is 4.74 Å². The molecule has 0 saturated carbocycles. The SMILES string of the molecule is O=C1/C(=C/c2cc(Br)ccc2F)SC(=S)N1CCCN1CCOCC1. The predicted molar refractivity (Wildman–Crippen MR) is 106 cm³/mol. The van der Waals surface area contributed by atoms with Crippen LogP contribution in [-0.4, -0.2) is 59.4 Å². The van der Waals surface area contributed by atoms with Gasteiger partial charge in [0.25, 0.3) is 5.91 Å². The highest BCUT2D eigenvalue weighted by Gasteiger charge is 2.31. The quantitative estimate of drug-likeness (QED) is 0.512. The molecule has 0 atom stereocenters. The highest BCUT2D eigenvalue weighted by atomic mass is 79.9. The maximum Gasteiger partial charge on any atom is 0.266 e. The van der Waals surface area contributed by atoms with Crippen molar-refractivity contribution in [1.82, 2.24) is 9.80 Å². The average molecular weight is 445 g/mol. The number of rotatable bonds is 5. The van der Waals surface area contributed by atoms with Crippen molar-refractivity contribution in [3.63, 3.8) is 0 Å². The zero-order valence-corrected chi connectivity index (χ0v) is 16.8. The van der Waals surface area contributed by atoms with Crippen molar-refractivity contribution < 1.29 is 13.9 Å². The van der Waals surface area contributed by atoms with Crippen LogP contribution in [0.1, 0.15) is 12.0 Å². The summed E-state index contributed by atoms with van der Waals surface area (Å²) in [5.74, 6) is -0.503. The van der Waals surface area contributed by atoms with Crippen LogP contribution in [-0.2, 0) is 9.53 Å². The number of ether oxygens (including phenoxy) is 1. The summed E-state index contributed by atoms with van der Waals surface area (Å²) in [4.78, 5) is 17.0. The van der Waals surface area contributed by atoms with Crippen LogP contribution in [0.25, 0.3) is 6.08 Å².